The van der Waals surface area contributed by atoms with E-state index in [9.17, 15) is 22.8 Å². The van der Waals surface area contributed by atoms with Crippen LogP contribution in [-0.2, 0) is 17.5 Å². The van der Waals surface area contributed by atoms with Crippen molar-refractivity contribution in [2.75, 3.05) is 33.2 Å². The third-order valence-electron chi connectivity index (χ3n) is 3.69. The summed E-state index contributed by atoms with van der Waals surface area (Å²) in [6.45, 7) is 2.28. The van der Waals surface area contributed by atoms with Crippen molar-refractivity contribution in [3.05, 3.63) is 34.2 Å². The maximum Gasteiger partial charge on any atom is 0.417 e. The second-order valence-electron chi connectivity index (χ2n) is 5.42. The second-order valence-corrected chi connectivity index (χ2v) is 5.42. The minimum absolute atomic E-state index is 0.336. The van der Waals surface area contributed by atoms with E-state index in [1.165, 1.54) is 0 Å². The number of aromatic nitrogens is 1. The van der Waals surface area contributed by atoms with Gasteiger partial charge in [-0.15, -0.1) is 0 Å². The molecule has 2 heterocycles. The zero-order valence-electron chi connectivity index (χ0n) is 12.3. The molecule has 0 N–H and O–H groups in total. The Kier molecular flexibility index (Phi) is 4.90. The van der Waals surface area contributed by atoms with Crippen molar-refractivity contribution in [2.45, 2.75) is 19.1 Å². The summed E-state index contributed by atoms with van der Waals surface area (Å²) in [6.07, 6.45) is -3.03. The summed E-state index contributed by atoms with van der Waals surface area (Å²) in [5, 5.41) is 0. The third-order valence-corrected chi connectivity index (χ3v) is 3.69. The molecule has 22 heavy (non-hydrogen) atoms. The van der Waals surface area contributed by atoms with E-state index in [0.29, 0.717) is 25.8 Å². The van der Waals surface area contributed by atoms with Crippen LogP contribution >= 0.6 is 0 Å². The first-order valence-electron chi connectivity index (χ1n) is 7.01. The van der Waals surface area contributed by atoms with Gasteiger partial charge in [-0.25, -0.2) is 0 Å². The van der Waals surface area contributed by atoms with Crippen LogP contribution < -0.4 is 5.56 Å². The number of carbonyl (C=O) groups is 1. The molecule has 0 unspecified atom stereocenters. The van der Waals surface area contributed by atoms with E-state index in [1.807, 2.05) is 7.05 Å². The number of halogens is 3. The van der Waals surface area contributed by atoms with Gasteiger partial charge in [-0.1, -0.05) is 0 Å². The molecule has 2 rings (SSSR count). The van der Waals surface area contributed by atoms with Gasteiger partial charge in [0.2, 0.25) is 5.91 Å². The summed E-state index contributed by atoms with van der Waals surface area (Å²) in [4.78, 5) is 27.5. The van der Waals surface area contributed by atoms with Crippen LogP contribution in [0.5, 0.6) is 0 Å². The molecule has 0 radical (unpaired) electrons. The Balaban J connectivity index is 2.12. The SMILES string of the molecule is CN1CCCN(C(=O)Cn2cc(C(F)(F)F)ccc2=O)CC1. The van der Waals surface area contributed by atoms with Crippen LogP contribution in [0.25, 0.3) is 0 Å². The van der Waals surface area contributed by atoms with E-state index in [1.54, 1.807) is 4.90 Å². The molecule has 5 nitrogen and oxygen atoms in total. The van der Waals surface area contributed by atoms with E-state index in [-0.39, 0.29) is 12.5 Å². The normalized spacial score (nSPS) is 17.4. The zero-order chi connectivity index (χ0) is 16.3. The topological polar surface area (TPSA) is 45.5 Å². The molecular weight excluding hydrogens is 299 g/mol. The van der Waals surface area contributed by atoms with Crippen LogP contribution in [0.2, 0.25) is 0 Å². The number of pyridine rings is 1. The average Bonchev–Trinajstić information content (AvgIpc) is 2.64. The monoisotopic (exact) mass is 317 g/mol. The van der Waals surface area contributed by atoms with E-state index < -0.39 is 17.3 Å². The fraction of sp³-hybridized carbons (Fsp3) is 0.571. The molecule has 1 aromatic heterocycles. The van der Waals surface area contributed by atoms with Gasteiger partial charge in [0.25, 0.3) is 5.56 Å². The average molecular weight is 317 g/mol. The number of alkyl halides is 3. The molecule has 0 spiro atoms. The van der Waals surface area contributed by atoms with Crippen molar-refractivity contribution in [3.8, 4) is 0 Å². The number of likely N-dealkylation sites (N-methyl/N-ethyl adjacent to an activating group) is 1. The minimum Gasteiger partial charge on any atom is -0.340 e. The molecular formula is C14H18F3N3O2. The molecule has 0 aromatic carbocycles. The van der Waals surface area contributed by atoms with Crippen LogP contribution in [0.4, 0.5) is 13.2 Å². The van der Waals surface area contributed by atoms with Gasteiger partial charge in [0.05, 0.1) is 5.56 Å². The van der Waals surface area contributed by atoms with Crippen molar-refractivity contribution < 1.29 is 18.0 Å². The Labute approximate surface area is 125 Å². The largest absolute Gasteiger partial charge is 0.417 e. The number of amides is 1. The molecule has 1 aliphatic heterocycles. The molecule has 0 atom stereocenters. The fourth-order valence-corrected chi connectivity index (χ4v) is 2.36. The van der Waals surface area contributed by atoms with Gasteiger partial charge in [0.1, 0.15) is 6.54 Å². The summed E-state index contributed by atoms with van der Waals surface area (Å²) in [5.41, 5.74) is -1.55. The molecule has 8 heteroatoms. The molecule has 1 aliphatic rings. The second kappa shape index (κ2) is 6.51. The smallest absolute Gasteiger partial charge is 0.340 e. The van der Waals surface area contributed by atoms with Crippen molar-refractivity contribution in [1.82, 2.24) is 14.4 Å². The van der Waals surface area contributed by atoms with Gasteiger partial charge in [-0.3, -0.25) is 9.59 Å². The standard InChI is InChI=1S/C14H18F3N3O2/c1-18-5-2-6-19(8-7-18)13(22)10-20-9-11(14(15,16)17)3-4-12(20)21/h3-4,9H,2,5-8,10H2,1H3. The Hall–Kier alpha value is -1.83. The number of nitrogens with zero attached hydrogens (tertiary/aromatic N) is 3. The number of rotatable bonds is 2. The molecule has 0 saturated carbocycles. The van der Waals surface area contributed by atoms with Crippen molar-refractivity contribution >= 4 is 5.91 Å². The molecule has 1 aromatic rings. The summed E-state index contributed by atoms with van der Waals surface area (Å²) >= 11 is 0. The lowest BCUT2D eigenvalue weighted by Gasteiger charge is -2.21. The first-order valence-corrected chi connectivity index (χ1v) is 7.01. The van der Waals surface area contributed by atoms with E-state index >= 15 is 0 Å². The van der Waals surface area contributed by atoms with E-state index in [0.717, 1.165) is 29.7 Å². The lowest BCUT2D eigenvalue weighted by atomic mass is 10.2. The number of hydrogen-bond donors (Lipinski definition) is 0. The Morgan fingerprint density at radius 2 is 1.91 bits per heavy atom. The number of carbonyl (C=O) groups excluding carboxylic acids is 1. The fourth-order valence-electron chi connectivity index (χ4n) is 2.36. The summed E-state index contributed by atoms with van der Waals surface area (Å²) in [6, 6.07) is 1.57. The Morgan fingerprint density at radius 3 is 2.59 bits per heavy atom. The predicted octanol–water partition coefficient (Wildman–Crippen LogP) is 1.03. The van der Waals surface area contributed by atoms with Crippen molar-refractivity contribution in [3.63, 3.8) is 0 Å². The van der Waals surface area contributed by atoms with Gasteiger partial charge in [0, 0.05) is 31.9 Å². The lowest BCUT2D eigenvalue weighted by Crippen LogP contribution is -2.38. The van der Waals surface area contributed by atoms with E-state index in [4.69, 9.17) is 0 Å². The van der Waals surface area contributed by atoms with Crippen LogP contribution in [0, 0.1) is 0 Å². The first-order chi connectivity index (χ1) is 10.3. The summed E-state index contributed by atoms with van der Waals surface area (Å²) < 4.78 is 38.8. The van der Waals surface area contributed by atoms with Gasteiger partial charge in [-0.05, 0) is 26.1 Å². The molecule has 1 saturated heterocycles. The molecule has 122 valence electrons. The van der Waals surface area contributed by atoms with Crippen molar-refractivity contribution in [1.29, 1.82) is 0 Å². The lowest BCUT2D eigenvalue weighted by molar-refractivity contribution is -0.138. The highest BCUT2D eigenvalue weighted by atomic mass is 19.4. The molecule has 1 fully saturated rings. The summed E-state index contributed by atoms with van der Waals surface area (Å²) in [7, 11) is 1.95. The highest BCUT2D eigenvalue weighted by Crippen LogP contribution is 2.28. The third kappa shape index (κ3) is 4.09. The minimum atomic E-state index is -4.54. The molecule has 0 aliphatic carbocycles. The molecule has 0 bridgehead atoms. The van der Waals surface area contributed by atoms with Crippen LogP contribution in [0.15, 0.2) is 23.1 Å². The van der Waals surface area contributed by atoms with Crippen LogP contribution in [-0.4, -0.2) is 53.5 Å². The van der Waals surface area contributed by atoms with Gasteiger partial charge >= 0.3 is 6.18 Å². The number of hydrogen-bond acceptors (Lipinski definition) is 3. The van der Waals surface area contributed by atoms with Crippen molar-refractivity contribution in [2.24, 2.45) is 0 Å². The van der Waals surface area contributed by atoms with Gasteiger partial charge < -0.3 is 14.4 Å². The van der Waals surface area contributed by atoms with Gasteiger partial charge in [-0.2, -0.15) is 13.2 Å². The quantitative estimate of drug-likeness (QED) is 0.818. The first kappa shape index (κ1) is 16.5. The predicted molar refractivity (Wildman–Crippen MR) is 74.4 cm³/mol. The van der Waals surface area contributed by atoms with Crippen LogP contribution in [0.1, 0.15) is 12.0 Å². The highest BCUT2D eigenvalue weighted by Gasteiger charge is 2.31. The maximum atomic E-state index is 12.7. The molecule has 1 amide bonds. The Bertz CT molecular complexity index is 598. The van der Waals surface area contributed by atoms with E-state index in [2.05, 4.69) is 4.90 Å². The highest BCUT2D eigenvalue weighted by molar-refractivity contribution is 5.76. The maximum absolute atomic E-state index is 12.7. The van der Waals surface area contributed by atoms with Gasteiger partial charge in [0.15, 0.2) is 0 Å². The summed E-state index contributed by atoms with van der Waals surface area (Å²) in [5.74, 6) is -0.336. The zero-order valence-corrected chi connectivity index (χ0v) is 12.3. The van der Waals surface area contributed by atoms with Crippen LogP contribution in [0.3, 0.4) is 0 Å². The Morgan fingerprint density at radius 1 is 1.18 bits per heavy atom.